The van der Waals surface area contributed by atoms with Crippen molar-refractivity contribution in [3.63, 3.8) is 0 Å². The van der Waals surface area contributed by atoms with Gasteiger partial charge in [-0.1, -0.05) is 55.7 Å². The number of hydrogen-bond donors (Lipinski definition) is 2. The van der Waals surface area contributed by atoms with E-state index >= 15 is 0 Å². The third-order valence-corrected chi connectivity index (χ3v) is 4.12. The number of anilines is 1. The van der Waals surface area contributed by atoms with Gasteiger partial charge < -0.3 is 15.6 Å². The fourth-order valence-corrected chi connectivity index (χ4v) is 2.76. The second-order valence-corrected chi connectivity index (χ2v) is 6.29. The molecule has 0 atom stereocenters. The predicted octanol–water partition coefficient (Wildman–Crippen LogP) is 4.66. The molecule has 25 heavy (non-hydrogen) atoms. The van der Waals surface area contributed by atoms with Gasteiger partial charge in [-0.05, 0) is 42.5 Å². The van der Waals surface area contributed by atoms with E-state index in [1.807, 2.05) is 30.3 Å². The van der Waals surface area contributed by atoms with Gasteiger partial charge in [-0.15, -0.1) is 0 Å². The number of rotatable bonds is 11. The molecule has 0 spiro atoms. The smallest absolute Gasteiger partial charge is 0.303 e. The van der Waals surface area contributed by atoms with Crippen LogP contribution in [0.2, 0.25) is 0 Å². The molecule has 4 heteroatoms. The quantitative estimate of drug-likeness (QED) is 0.460. The molecular weight excluding hydrogens is 314 g/mol. The summed E-state index contributed by atoms with van der Waals surface area (Å²) in [4.78, 5) is 10.4. The lowest BCUT2D eigenvalue weighted by atomic mass is 10.0. The van der Waals surface area contributed by atoms with E-state index in [-0.39, 0.29) is 6.42 Å². The van der Waals surface area contributed by atoms with E-state index in [1.54, 1.807) is 0 Å². The molecule has 0 aliphatic heterocycles. The van der Waals surface area contributed by atoms with Crippen molar-refractivity contribution in [2.45, 2.75) is 44.9 Å². The first-order valence-corrected chi connectivity index (χ1v) is 8.92. The van der Waals surface area contributed by atoms with Gasteiger partial charge >= 0.3 is 5.97 Å². The maximum Gasteiger partial charge on any atom is 0.303 e. The van der Waals surface area contributed by atoms with E-state index in [2.05, 4.69) is 18.2 Å². The maximum absolute atomic E-state index is 10.4. The van der Waals surface area contributed by atoms with Crippen LogP contribution in [-0.4, -0.2) is 17.7 Å². The highest BCUT2D eigenvalue weighted by Gasteiger charge is 2.03. The van der Waals surface area contributed by atoms with E-state index in [0.717, 1.165) is 44.3 Å². The van der Waals surface area contributed by atoms with Crippen molar-refractivity contribution in [2.24, 2.45) is 0 Å². The Kier molecular flexibility index (Phi) is 7.83. The molecule has 2 aromatic rings. The lowest BCUT2D eigenvalue weighted by molar-refractivity contribution is -0.137. The van der Waals surface area contributed by atoms with Crippen LogP contribution in [0.1, 0.15) is 49.7 Å². The Morgan fingerprint density at radius 3 is 2.36 bits per heavy atom. The second-order valence-electron chi connectivity index (χ2n) is 6.29. The van der Waals surface area contributed by atoms with E-state index < -0.39 is 5.97 Å². The van der Waals surface area contributed by atoms with Gasteiger partial charge in [0.05, 0.1) is 12.3 Å². The minimum Gasteiger partial charge on any atom is -0.491 e. The van der Waals surface area contributed by atoms with Crippen molar-refractivity contribution >= 4 is 11.7 Å². The van der Waals surface area contributed by atoms with Crippen LogP contribution in [0.25, 0.3) is 0 Å². The molecule has 0 fully saturated rings. The average Bonchev–Trinajstić information content (AvgIpc) is 2.59. The zero-order valence-corrected chi connectivity index (χ0v) is 14.6. The lowest BCUT2D eigenvalue weighted by Gasteiger charge is -2.11. The third kappa shape index (κ3) is 7.29. The standard InChI is InChI=1S/C21H27NO3/c22-19-16-18(15-17-9-5-4-6-10-17)12-13-20(19)25-14-8-3-1-2-7-11-21(23)24/h4-6,9-10,12-13,16H,1-3,7-8,11,14-15,22H2,(H,23,24). The van der Waals surface area contributed by atoms with E-state index in [1.165, 1.54) is 11.1 Å². The summed E-state index contributed by atoms with van der Waals surface area (Å²) in [5.74, 6) is 0.0252. The van der Waals surface area contributed by atoms with Gasteiger partial charge in [0, 0.05) is 6.42 Å². The van der Waals surface area contributed by atoms with Crippen LogP contribution < -0.4 is 10.5 Å². The van der Waals surface area contributed by atoms with Crippen molar-refractivity contribution in [3.8, 4) is 5.75 Å². The summed E-state index contributed by atoms with van der Waals surface area (Å²) in [6.45, 7) is 0.640. The highest BCUT2D eigenvalue weighted by molar-refractivity contribution is 5.66. The molecular formula is C21H27NO3. The number of carbonyl (C=O) groups is 1. The maximum atomic E-state index is 10.4. The largest absolute Gasteiger partial charge is 0.491 e. The molecule has 0 aliphatic rings. The number of benzene rings is 2. The van der Waals surface area contributed by atoms with Crippen LogP contribution in [0.4, 0.5) is 5.69 Å². The molecule has 0 heterocycles. The zero-order valence-electron chi connectivity index (χ0n) is 14.6. The predicted molar refractivity (Wildman–Crippen MR) is 101 cm³/mol. The molecule has 0 saturated carbocycles. The molecule has 0 radical (unpaired) electrons. The number of hydrogen-bond acceptors (Lipinski definition) is 3. The zero-order chi connectivity index (χ0) is 17.9. The van der Waals surface area contributed by atoms with Gasteiger partial charge in [0.1, 0.15) is 5.75 Å². The summed E-state index contributed by atoms with van der Waals surface area (Å²) < 4.78 is 5.77. The monoisotopic (exact) mass is 341 g/mol. The average molecular weight is 341 g/mol. The first-order chi connectivity index (χ1) is 12.1. The molecule has 0 bridgehead atoms. The summed E-state index contributed by atoms with van der Waals surface area (Å²) in [6, 6.07) is 16.3. The van der Waals surface area contributed by atoms with Gasteiger partial charge in [0.2, 0.25) is 0 Å². The minimum absolute atomic E-state index is 0.266. The normalized spacial score (nSPS) is 10.6. The Balaban J connectivity index is 1.68. The Labute approximate surface area is 149 Å². The fourth-order valence-electron chi connectivity index (χ4n) is 2.76. The van der Waals surface area contributed by atoms with E-state index in [9.17, 15) is 4.79 Å². The summed E-state index contributed by atoms with van der Waals surface area (Å²) in [7, 11) is 0. The number of nitrogen functional groups attached to an aromatic ring is 1. The summed E-state index contributed by atoms with van der Waals surface area (Å²) in [5.41, 5.74) is 9.22. The van der Waals surface area contributed by atoms with Gasteiger partial charge in [0.25, 0.3) is 0 Å². The van der Waals surface area contributed by atoms with Crippen LogP contribution in [-0.2, 0) is 11.2 Å². The molecule has 0 unspecified atom stereocenters. The molecule has 4 nitrogen and oxygen atoms in total. The van der Waals surface area contributed by atoms with Crippen LogP contribution in [0.5, 0.6) is 5.75 Å². The number of ether oxygens (including phenoxy) is 1. The lowest BCUT2D eigenvalue weighted by Crippen LogP contribution is -2.01. The summed E-state index contributed by atoms with van der Waals surface area (Å²) in [5, 5.41) is 8.58. The molecule has 0 amide bonds. The number of carboxylic acid groups (broad SMARTS) is 1. The number of nitrogens with two attached hydrogens (primary N) is 1. The van der Waals surface area contributed by atoms with Gasteiger partial charge in [-0.25, -0.2) is 0 Å². The number of unbranched alkanes of at least 4 members (excludes halogenated alkanes) is 4. The van der Waals surface area contributed by atoms with Crippen LogP contribution >= 0.6 is 0 Å². The molecule has 3 N–H and O–H groups in total. The first-order valence-electron chi connectivity index (χ1n) is 8.92. The van der Waals surface area contributed by atoms with Gasteiger partial charge in [-0.3, -0.25) is 4.79 Å². The molecule has 0 aliphatic carbocycles. The molecule has 0 saturated heterocycles. The van der Waals surface area contributed by atoms with E-state index in [0.29, 0.717) is 12.3 Å². The van der Waals surface area contributed by atoms with E-state index in [4.69, 9.17) is 15.6 Å². The van der Waals surface area contributed by atoms with Crippen molar-refractivity contribution < 1.29 is 14.6 Å². The fraction of sp³-hybridized carbons (Fsp3) is 0.381. The first kappa shape index (κ1) is 18.8. The molecule has 0 aromatic heterocycles. The van der Waals surface area contributed by atoms with Gasteiger partial charge in [0.15, 0.2) is 0 Å². The van der Waals surface area contributed by atoms with Crippen LogP contribution in [0.3, 0.4) is 0 Å². The van der Waals surface area contributed by atoms with Gasteiger partial charge in [-0.2, -0.15) is 0 Å². The molecule has 134 valence electrons. The summed E-state index contributed by atoms with van der Waals surface area (Å²) in [6.07, 6.45) is 5.89. The topological polar surface area (TPSA) is 72.5 Å². The van der Waals surface area contributed by atoms with Crippen molar-refractivity contribution in [3.05, 3.63) is 59.7 Å². The molecule has 2 rings (SSSR count). The third-order valence-electron chi connectivity index (χ3n) is 4.12. The Morgan fingerprint density at radius 1 is 0.920 bits per heavy atom. The minimum atomic E-state index is -0.713. The highest BCUT2D eigenvalue weighted by Crippen LogP contribution is 2.24. The Morgan fingerprint density at radius 2 is 1.64 bits per heavy atom. The number of aliphatic carboxylic acids is 1. The Hall–Kier alpha value is -2.49. The second kappa shape index (κ2) is 10.4. The van der Waals surface area contributed by atoms with Crippen molar-refractivity contribution in [2.75, 3.05) is 12.3 Å². The van der Waals surface area contributed by atoms with Crippen molar-refractivity contribution in [1.29, 1.82) is 0 Å². The van der Waals surface area contributed by atoms with Crippen LogP contribution in [0, 0.1) is 0 Å². The van der Waals surface area contributed by atoms with Crippen molar-refractivity contribution in [1.82, 2.24) is 0 Å². The summed E-state index contributed by atoms with van der Waals surface area (Å²) >= 11 is 0. The SMILES string of the molecule is Nc1cc(Cc2ccccc2)ccc1OCCCCCCCC(=O)O. The Bertz CT molecular complexity index is 655. The molecule has 2 aromatic carbocycles. The number of carboxylic acids is 1. The van der Waals surface area contributed by atoms with Crippen LogP contribution in [0.15, 0.2) is 48.5 Å². The highest BCUT2D eigenvalue weighted by atomic mass is 16.5.